The van der Waals surface area contributed by atoms with Gasteiger partial charge in [0.15, 0.2) is 5.76 Å². The summed E-state index contributed by atoms with van der Waals surface area (Å²) in [4.78, 5) is 15.6. The third kappa shape index (κ3) is 4.43. The van der Waals surface area contributed by atoms with Gasteiger partial charge < -0.3 is 19.5 Å². The van der Waals surface area contributed by atoms with Crippen molar-refractivity contribution < 1.29 is 18.3 Å². The van der Waals surface area contributed by atoms with Gasteiger partial charge in [-0.15, -0.1) is 0 Å². The van der Waals surface area contributed by atoms with Crippen molar-refractivity contribution in [3.05, 3.63) is 88.7 Å². The average molecular weight is 413 g/mol. The second-order valence-corrected chi connectivity index (χ2v) is 6.95. The average Bonchev–Trinajstić information content (AvgIpc) is 3.34. The lowest BCUT2D eigenvalue weighted by molar-refractivity contribution is 0.0949. The van der Waals surface area contributed by atoms with Gasteiger partial charge in [-0.05, 0) is 60.5 Å². The van der Waals surface area contributed by atoms with Crippen LogP contribution in [0.1, 0.15) is 21.7 Å². The maximum absolute atomic E-state index is 13.5. The molecule has 1 amide bonds. The number of halogens is 2. The van der Waals surface area contributed by atoms with Gasteiger partial charge in [-0.1, -0.05) is 11.6 Å². The van der Waals surface area contributed by atoms with Crippen molar-refractivity contribution in [2.75, 3.05) is 6.54 Å². The number of nitrogens with one attached hydrogen (secondary N) is 2. The van der Waals surface area contributed by atoms with Crippen LogP contribution in [0.2, 0.25) is 5.02 Å². The number of aromatic amines is 1. The van der Waals surface area contributed by atoms with Gasteiger partial charge in [-0.25, -0.2) is 4.39 Å². The van der Waals surface area contributed by atoms with Crippen molar-refractivity contribution in [2.45, 2.75) is 13.0 Å². The van der Waals surface area contributed by atoms with E-state index in [0.29, 0.717) is 35.1 Å². The number of fused-ring (bicyclic) bond motifs is 1. The van der Waals surface area contributed by atoms with Gasteiger partial charge in [0.1, 0.15) is 18.2 Å². The van der Waals surface area contributed by atoms with Gasteiger partial charge in [0.25, 0.3) is 5.91 Å². The molecule has 2 N–H and O–H groups in total. The van der Waals surface area contributed by atoms with Crippen molar-refractivity contribution in [1.29, 1.82) is 0 Å². The van der Waals surface area contributed by atoms with Gasteiger partial charge in [0, 0.05) is 28.7 Å². The number of ether oxygens (including phenoxy) is 1. The third-order valence-electron chi connectivity index (χ3n) is 4.58. The van der Waals surface area contributed by atoms with Crippen molar-refractivity contribution >= 4 is 28.4 Å². The van der Waals surface area contributed by atoms with Gasteiger partial charge in [0.05, 0.1) is 11.8 Å². The fourth-order valence-corrected chi connectivity index (χ4v) is 3.22. The second-order valence-electron chi connectivity index (χ2n) is 6.51. The zero-order chi connectivity index (χ0) is 20.2. The first-order valence-electron chi connectivity index (χ1n) is 9.08. The maximum atomic E-state index is 13.5. The van der Waals surface area contributed by atoms with E-state index in [1.165, 1.54) is 18.4 Å². The molecule has 0 unspecified atom stereocenters. The van der Waals surface area contributed by atoms with Crippen LogP contribution in [0.25, 0.3) is 10.9 Å². The lowest BCUT2D eigenvalue weighted by Gasteiger charge is -2.07. The number of carbonyl (C=O) groups excluding carboxylic acids is 1. The van der Waals surface area contributed by atoms with E-state index in [1.54, 1.807) is 36.4 Å². The Bertz CT molecular complexity index is 1130. The van der Waals surface area contributed by atoms with Gasteiger partial charge in [-0.2, -0.15) is 0 Å². The van der Waals surface area contributed by atoms with Crippen LogP contribution in [0, 0.1) is 5.82 Å². The van der Waals surface area contributed by atoms with Crippen molar-refractivity contribution in [3.8, 4) is 5.75 Å². The highest BCUT2D eigenvalue weighted by Crippen LogP contribution is 2.20. The summed E-state index contributed by atoms with van der Waals surface area (Å²) in [7, 11) is 0. The van der Waals surface area contributed by atoms with Crippen LogP contribution in [-0.4, -0.2) is 17.4 Å². The van der Waals surface area contributed by atoms with E-state index in [9.17, 15) is 9.18 Å². The minimum Gasteiger partial charge on any atom is -0.486 e. The predicted octanol–water partition coefficient (Wildman–Crippen LogP) is 5.10. The molecule has 148 valence electrons. The maximum Gasteiger partial charge on any atom is 0.254 e. The summed E-state index contributed by atoms with van der Waals surface area (Å²) in [5.41, 5.74) is 2.23. The summed E-state index contributed by atoms with van der Waals surface area (Å²) < 4.78 is 24.5. The fourth-order valence-electron chi connectivity index (χ4n) is 3.10. The van der Waals surface area contributed by atoms with E-state index < -0.39 is 0 Å². The van der Waals surface area contributed by atoms with Crippen molar-refractivity contribution in [2.24, 2.45) is 0 Å². The Morgan fingerprint density at radius 2 is 2.00 bits per heavy atom. The molecule has 2 heterocycles. The molecule has 0 aliphatic carbocycles. The van der Waals surface area contributed by atoms with Gasteiger partial charge in [-0.3, -0.25) is 4.79 Å². The SMILES string of the molecule is O=C(NCCc1c[nH]c2ccc(F)cc12)c1ccoc1COc1ccc(Cl)cc1. The summed E-state index contributed by atoms with van der Waals surface area (Å²) in [6, 6.07) is 13.2. The zero-order valence-electron chi connectivity index (χ0n) is 15.4. The van der Waals surface area contributed by atoms with Crippen LogP contribution in [0.15, 0.2) is 65.4 Å². The Hall–Kier alpha value is -3.25. The minimum atomic E-state index is -0.286. The predicted molar refractivity (Wildman–Crippen MR) is 109 cm³/mol. The van der Waals surface area contributed by atoms with Crippen LogP contribution in [0.4, 0.5) is 4.39 Å². The number of benzene rings is 2. The van der Waals surface area contributed by atoms with E-state index in [0.717, 1.165) is 16.5 Å². The summed E-state index contributed by atoms with van der Waals surface area (Å²) in [5.74, 6) is 0.529. The van der Waals surface area contributed by atoms with Crippen LogP contribution in [0.3, 0.4) is 0 Å². The number of hydrogen-bond donors (Lipinski definition) is 2. The lowest BCUT2D eigenvalue weighted by atomic mass is 10.1. The first kappa shape index (κ1) is 19.1. The molecule has 2 aromatic carbocycles. The number of H-pyrrole nitrogens is 1. The quantitative estimate of drug-likeness (QED) is 0.443. The van der Waals surface area contributed by atoms with Crippen molar-refractivity contribution in [1.82, 2.24) is 10.3 Å². The first-order chi connectivity index (χ1) is 14.1. The standard InChI is InChI=1S/C22H18ClFN2O3/c23-15-1-4-17(5-2-15)29-13-21-18(8-10-28-21)22(27)25-9-7-14-12-26-20-6-3-16(24)11-19(14)20/h1-6,8,10-12,26H,7,9,13H2,(H,25,27). The molecule has 5 nitrogen and oxygen atoms in total. The molecule has 0 fully saturated rings. The third-order valence-corrected chi connectivity index (χ3v) is 4.83. The van der Waals surface area contributed by atoms with Crippen LogP contribution in [-0.2, 0) is 13.0 Å². The number of furan rings is 1. The molecule has 0 bridgehead atoms. The number of carbonyl (C=O) groups is 1. The van der Waals surface area contributed by atoms with Gasteiger partial charge >= 0.3 is 0 Å². The summed E-state index contributed by atoms with van der Waals surface area (Å²) >= 11 is 5.86. The van der Waals surface area contributed by atoms with Crippen LogP contribution >= 0.6 is 11.6 Å². The smallest absolute Gasteiger partial charge is 0.254 e. The molecule has 4 rings (SSSR count). The molecule has 0 radical (unpaired) electrons. The van der Waals surface area contributed by atoms with Crippen LogP contribution < -0.4 is 10.1 Å². The highest BCUT2D eigenvalue weighted by Gasteiger charge is 2.15. The summed E-state index contributed by atoms with van der Waals surface area (Å²) in [6.45, 7) is 0.532. The monoisotopic (exact) mass is 412 g/mol. The van der Waals surface area contributed by atoms with Crippen molar-refractivity contribution in [3.63, 3.8) is 0 Å². The Labute approximate surface area is 171 Å². The molecule has 0 aliphatic heterocycles. The molecule has 0 saturated heterocycles. The molecule has 4 aromatic rings. The normalized spacial score (nSPS) is 11.0. The van der Waals surface area contributed by atoms with Gasteiger partial charge in [0.2, 0.25) is 0 Å². The summed E-state index contributed by atoms with van der Waals surface area (Å²) in [5, 5.41) is 4.31. The highest BCUT2D eigenvalue weighted by molar-refractivity contribution is 6.30. The number of aromatic nitrogens is 1. The first-order valence-corrected chi connectivity index (χ1v) is 9.46. The van der Waals surface area contributed by atoms with E-state index in [1.807, 2.05) is 6.20 Å². The Balaban J connectivity index is 1.34. The highest BCUT2D eigenvalue weighted by atomic mass is 35.5. The lowest BCUT2D eigenvalue weighted by Crippen LogP contribution is -2.26. The van der Waals surface area contributed by atoms with E-state index in [2.05, 4.69) is 10.3 Å². The topological polar surface area (TPSA) is 67.3 Å². The molecule has 0 saturated carbocycles. The van der Waals surface area contributed by atoms with E-state index in [4.69, 9.17) is 20.8 Å². The van der Waals surface area contributed by atoms with Crippen LogP contribution in [0.5, 0.6) is 5.75 Å². The largest absolute Gasteiger partial charge is 0.486 e. The molecule has 0 atom stereocenters. The second kappa shape index (κ2) is 8.41. The molecule has 29 heavy (non-hydrogen) atoms. The Morgan fingerprint density at radius 1 is 1.17 bits per heavy atom. The number of amides is 1. The Kier molecular flexibility index (Phi) is 5.53. The molecular weight excluding hydrogens is 395 g/mol. The zero-order valence-corrected chi connectivity index (χ0v) is 16.1. The molecule has 7 heteroatoms. The minimum absolute atomic E-state index is 0.124. The molecule has 2 aromatic heterocycles. The number of hydrogen-bond acceptors (Lipinski definition) is 3. The van der Waals surface area contributed by atoms with E-state index >= 15 is 0 Å². The summed E-state index contributed by atoms with van der Waals surface area (Å²) in [6.07, 6.45) is 3.86. The van der Waals surface area contributed by atoms with E-state index in [-0.39, 0.29) is 18.3 Å². The molecule has 0 aliphatic rings. The number of rotatable bonds is 7. The Morgan fingerprint density at radius 3 is 2.83 bits per heavy atom. The molecule has 0 spiro atoms. The molecular formula is C22H18ClFN2O3. The fraction of sp³-hybridized carbons (Fsp3) is 0.136.